The van der Waals surface area contributed by atoms with Crippen LogP contribution in [0.2, 0.25) is 0 Å². The van der Waals surface area contributed by atoms with Gasteiger partial charge in [0, 0.05) is 0 Å². The third-order valence-electron chi connectivity index (χ3n) is 9.96. The summed E-state index contributed by atoms with van der Waals surface area (Å²) in [5, 5.41) is 103. The van der Waals surface area contributed by atoms with E-state index in [4.69, 9.17) is 34.6 Å². The molecule has 1 aliphatic rings. The first-order valence-electron chi connectivity index (χ1n) is 20.6. The smallest absolute Gasteiger partial charge is 0.337 e. The van der Waals surface area contributed by atoms with Gasteiger partial charge in [-0.05, 0) is 18.8 Å². The van der Waals surface area contributed by atoms with Crippen molar-refractivity contribution in [1.29, 1.82) is 0 Å². The average Bonchev–Trinajstić information content (AvgIpc) is 3.18. The molecule has 0 aromatic carbocycles. The van der Waals surface area contributed by atoms with E-state index in [-0.39, 0.29) is 0 Å². The van der Waals surface area contributed by atoms with Gasteiger partial charge in [-0.25, -0.2) is 4.79 Å². The van der Waals surface area contributed by atoms with E-state index in [0.717, 1.165) is 12.8 Å². The Kier molecular flexibility index (Phi) is 33.4. The Balaban J connectivity index is 0.00000108. The third-order valence-corrected chi connectivity index (χ3v) is 9.96. The second-order valence-electron chi connectivity index (χ2n) is 14.7. The van der Waals surface area contributed by atoms with E-state index in [1.165, 1.54) is 116 Å². The molecule has 0 spiro atoms. The van der Waals surface area contributed by atoms with Gasteiger partial charge < -0.3 is 70.4 Å². The molecule has 2 unspecified atom stereocenters. The predicted molar refractivity (Wildman–Crippen MR) is 202 cm³/mol. The molecular formula is C39H78O15. The number of aliphatic hydroxyl groups excluding tert-OH is 11. The molecule has 0 amide bonds. The van der Waals surface area contributed by atoms with Gasteiger partial charge >= 0.3 is 5.97 Å². The monoisotopic (exact) mass is 787 g/mol. The summed E-state index contributed by atoms with van der Waals surface area (Å²) in [5.74, 6) is -0.310. The molecule has 1 rings (SSSR count). The minimum Gasteiger partial charge on any atom is -0.463 e. The lowest BCUT2D eigenvalue weighted by Crippen LogP contribution is -2.61. The summed E-state index contributed by atoms with van der Waals surface area (Å²) in [4.78, 5) is 11.7. The molecule has 1 heterocycles. The molecule has 1 aliphatic heterocycles. The molecule has 324 valence electrons. The zero-order chi connectivity index (χ0) is 40.7. The average molecular weight is 787 g/mol. The largest absolute Gasteiger partial charge is 0.463 e. The van der Waals surface area contributed by atoms with E-state index in [0.29, 0.717) is 12.5 Å². The minimum atomic E-state index is -1.85. The van der Waals surface area contributed by atoms with E-state index in [1.54, 1.807) is 0 Å². The quantitative estimate of drug-likeness (QED) is 0.0342. The number of aliphatic hydroxyl groups is 11. The van der Waals surface area contributed by atoms with Crippen LogP contribution in [0.1, 0.15) is 142 Å². The van der Waals surface area contributed by atoms with Gasteiger partial charge in [-0.15, -0.1) is 0 Å². The molecule has 15 heteroatoms. The number of hydrogen-bond donors (Lipinski definition) is 11. The Morgan fingerprint density at radius 1 is 0.593 bits per heavy atom. The second-order valence-corrected chi connectivity index (χ2v) is 14.7. The van der Waals surface area contributed by atoms with Crippen molar-refractivity contribution in [3.63, 3.8) is 0 Å². The second kappa shape index (κ2) is 34.0. The molecule has 0 radical (unpaired) electrons. The normalized spacial score (nSPS) is 23.5. The molecule has 1 saturated heterocycles. The molecule has 11 N–H and O–H groups in total. The summed E-state index contributed by atoms with van der Waals surface area (Å²) in [5.41, 5.74) is 0. The van der Waals surface area contributed by atoms with Crippen LogP contribution in [-0.4, -0.2) is 156 Å². The van der Waals surface area contributed by atoms with Crippen LogP contribution in [0, 0.1) is 5.92 Å². The minimum absolute atomic E-state index is 0.379. The van der Waals surface area contributed by atoms with Crippen LogP contribution in [0.4, 0.5) is 0 Å². The lowest BCUT2D eigenvalue weighted by atomic mass is 9.94. The summed E-state index contributed by atoms with van der Waals surface area (Å²) >= 11 is 0. The van der Waals surface area contributed by atoms with Crippen LogP contribution in [0.5, 0.6) is 0 Å². The highest BCUT2D eigenvalue weighted by molar-refractivity contribution is 5.74. The van der Waals surface area contributed by atoms with Crippen molar-refractivity contribution in [2.75, 3.05) is 33.0 Å². The van der Waals surface area contributed by atoms with Crippen molar-refractivity contribution in [2.45, 2.75) is 203 Å². The lowest BCUT2D eigenvalue weighted by Gasteiger charge is -2.42. The first kappa shape index (κ1) is 53.0. The van der Waals surface area contributed by atoms with Crippen LogP contribution >= 0.6 is 0 Å². The number of ether oxygens (including phenoxy) is 3. The van der Waals surface area contributed by atoms with Crippen LogP contribution in [0.15, 0.2) is 0 Å². The predicted octanol–water partition coefficient (Wildman–Crippen LogP) is 1.58. The fraction of sp³-hybridized carbons (Fsp3) is 0.974. The highest BCUT2D eigenvalue weighted by Crippen LogP contribution is 2.25. The van der Waals surface area contributed by atoms with E-state index < -0.39 is 93.6 Å². The van der Waals surface area contributed by atoms with Crippen molar-refractivity contribution in [1.82, 2.24) is 0 Å². The summed E-state index contributed by atoms with van der Waals surface area (Å²) in [6.45, 7) is 1.87. The molecule has 54 heavy (non-hydrogen) atoms. The van der Waals surface area contributed by atoms with Crippen molar-refractivity contribution < 1.29 is 75.2 Å². The van der Waals surface area contributed by atoms with Crippen LogP contribution < -0.4 is 0 Å². The Morgan fingerprint density at radius 2 is 1.04 bits per heavy atom. The number of carbonyl (C=O) groups excluding carboxylic acids is 1. The SMILES string of the molecule is CCCCCCCCCCCCC(CCCCCCCCCC)COC(=O)C(O)CO.OC[C@@H](O)[C@@H](O[C@H]1O[C@H](CO)[C@@H](O)[C@H](O)[C@H]1O)[C@H](O)[C@@H](O)CO. The Hall–Kier alpha value is -1.05. The first-order valence-corrected chi connectivity index (χ1v) is 20.6. The van der Waals surface area contributed by atoms with Gasteiger partial charge in [0.2, 0.25) is 0 Å². The topological polar surface area (TPSA) is 267 Å². The van der Waals surface area contributed by atoms with Crippen LogP contribution in [0.3, 0.4) is 0 Å². The van der Waals surface area contributed by atoms with E-state index in [2.05, 4.69) is 13.8 Å². The molecule has 1 fully saturated rings. The van der Waals surface area contributed by atoms with Crippen molar-refractivity contribution >= 4 is 5.97 Å². The van der Waals surface area contributed by atoms with Gasteiger partial charge in [-0.2, -0.15) is 0 Å². The van der Waals surface area contributed by atoms with E-state index in [1.807, 2.05) is 0 Å². The standard InChI is InChI=1S/C27H54O4.C12H24O11/c1-3-5-7-9-11-13-14-16-18-20-22-25(24-31-27(30)26(29)23-28)21-19-17-15-12-10-8-6-4-2;13-1-4(16)7(18)11(5(17)2-14)23-12-10(21)9(20)8(19)6(3-15)22-12/h25-26,28-29H,3-24H2,1-2H3;4-21H,1-3H2/t;4-,5+,6+,7+,8+,9-,10+,11+,12+/m.0/s1. The van der Waals surface area contributed by atoms with Crippen LogP contribution in [0.25, 0.3) is 0 Å². The Bertz CT molecular complexity index is 853. The van der Waals surface area contributed by atoms with Gasteiger partial charge in [-0.1, -0.05) is 129 Å². The van der Waals surface area contributed by atoms with E-state index >= 15 is 0 Å². The molecule has 0 aliphatic carbocycles. The van der Waals surface area contributed by atoms with Crippen molar-refractivity contribution in [3.8, 4) is 0 Å². The number of unbranched alkanes of at least 4 members (excludes halogenated alkanes) is 16. The summed E-state index contributed by atoms with van der Waals surface area (Å²) in [6.07, 6.45) is 9.46. The highest BCUT2D eigenvalue weighted by Gasteiger charge is 2.46. The van der Waals surface area contributed by atoms with Gasteiger partial charge in [0.1, 0.15) is 48.8 Å². The molecule has 11 atom stereocenters. The fourth-order valence-corrected chi connectivity index (χ4v) is 6.33. The number of hydrogen-bond acceptors (Lipinski definition) is 15. The lowest BCUT2D eigenvalue weighted by molar-refractivity contribution is -0.327. The van der Waals surface area contributed by atoms with Crippen LogP contribution in [-0.2, 0) is 19.0 Å². The molecule has 0 aromatic rings. The van der Waals surface area contributed by atoms with Gasteiger partial charge in [0.05, 0.1) is 33.0 Å². The number of carbonyl (C=O) groups is 1. The molecule has 15 nitrogen and oxygen atoms in total. The maximum absolute atomic E-state index is 11.7. The number of esters is 1. The molecular weight excluding hydrogens is 708 g/mol. The summed E-state index contributed by atoms with van der Waals surface area (Å²) < 4.78 is 15.4. The van der Waals surface area contributed by atoms with Gasteiger partial charge in [-0.3, -0.25) is 0 Å². The molecule has 0 saturated carbocycles. The molecule has 0 aromatic heterocycles. The Labute approximate surface area is 323 Å². The fourth-order valence-electron chi connectivity index (χ4n) is 6.33. The summed E-state index contributed by atoms with van der Waals surface area (Å²) in [6, 6.07) is 0. The maximum atomic E-state index is 11.7. The first-order chi connectivity index (χ1) is 25.9. The zero-order valence-electron chi connectivity index (χ0n) is 33.1. The highest BCUT2D eigenvalue weighted by atomic mass is 16.7. The zero-order valence-corrected chi connectivity index (χ0v) is 33.1. The Morgan fingerprint density at radius 3 is 1.44 bits per heavy atom. The van der Waals surface area contributed by atoms with Gasteiger partial charge in [0.15, 0.2) is 12.4 Å². The number of rotatable bonds is 32. The third kappa shape index (κ3) is 23.2. The summed E-state index contributed by atoms with van der Waals surface area (Å²) in [7, 11) is 0. The van der Waals surface area contributed by atoms with E-state index in [9.17, 15) is 40.5 Å². The van der Waals surface area contributed by atoms with Gasteiger partial charge in [0.25, 0.3) is 0 Å². The van der Waals surface area contributed by atoms with Crippen molar-refractivity contribution in [3.05, 3.63) is 0 Å². The maximum Gasteiger partial charge on any atom is 0.337 e. The van der Waals surface area contributed by atoms with Crippen molar-refractivity contribution in [2.24, 2.45) is 5.92 Å². The molecule has 0 bridgehead atoms.